The van der Waals surface area contributed by atoms with Crippen molar-refractivity contribution in [2.75, 3.05) is 17.4 Å². The highest BCUT2D eigenvalue weighted by molar-refractivity contribution is 9.10. The third-order valence-corrected chi connectivity index (χ3v) is 6.64. The third kappa shape index (κ3) is 3.60. The second-order valence-electron chi connectivity index (χ2n) is 6.40. The fourth-order valence-corrected chi connectivity index (χ4v) is 5.10. The number of nitrogens with zero attached hydrogens (tertiary/aromatic N) is 3. The van der Waals surface area contributed by atoms with Crippen LogP contribution in [0.3, 0.4) is 0 Å². The minimum absolute atomic E-state index is 0.0418. The fraction of sp³-hybridized carbons (Fsp3) is 0.200. The van der Waals surface area contributed by atoms with Gasteiger partial charge in [-0.2, -0.15) is 5.26 Å². The van der Waals surface area contributed by atoms with Crippen molar-refractivity contribution in [1.29, 1.82) is 5.26 Å². The maximum Gasteiger partial charge on any atom is 0.229 e. The molecule has 0 bridgehead atoms. The molecular formula is C20H15BrClN3OS. The standard InChI is InChI=1S/C20H15BrClN3OS/c21-14-3-1-2-13(8-14)17-9-19(26)25-11-24(12-27-20(25)18(17)10-23)16-6-4-15(22)5-7-16/h1-8,17H,9,11-12H2. The Kier molecular flexibility index (Phi) is 5.18. The lowest BCUT2D eigenvalue weighted by atomic mass is 9.86. The SMILES string of the molecule is N#CC1=C2SCN(c3ccc(Cl)cc3)CN2C(=O)CC1c1cccc(Br)c1. The Bertz CT molecular complexity index is 970. The first-order chi connectivity index (χ1) is 13.1. The molecule has 1 atom stereocenters. The van der Waals surface area contributed by atoms with E-state index in [0.29, 0.717) is 29.6 Å². The van der Waals surface area contributed by atoms with Crippen molar-refractivity contribution in [1.82, 2.24) is 4.90 Å². The van der Waals surface area contributed by atoms with Crippen LogP contribution in [0.25, 0.3) is 0 Å². The molecule has 0 saturated carbocycles. The van der Waals surface area contributed by atoms with E-state index in [9.17, 15) is 10.1 Å². The Morgan fingerprint density at radius 2 is 2.00 bits per heavy atom. The number of carbonyl (C=O) groups excluding carboxylic acids is 1. The van der Waals surface area contributed by atoms with Gasteiger partial charge in [0.1, 0.15) is 0 Å². The third-order valence-electron chi connectivity index (χ3n) is 4.74. The van der Waals surface area contributed by atoms with Gasteiger partial charge in [0.25, 0.3) is 0 Å². The summed E-state index contributed by atoms with van der Waals surface area (Å²) < 4.78 is 0.947. The summed E-state index contributed by atoms with van der Waals surface area (Å²) in [6.45, 7) is 0.444. The zero-order valence-electron chi connectivity index (χ0n) is 14.2. The molecule has 2 aromatic rings. The molecule has 0 spiro atoms. The van der Waals surface area contributed by atoms with Crippen LogP contribution >= 0.6 is 39.3 Å². The number of carbonyl (C=O) groups is 1. The number of hydrogen-bond acceptors (Lipinski definition) is 4. The van der Waals surface area contributed by atoms with Crippen molar-refractivity contribution in [2.24, 2.45) is 0 Å². The number of amides is 1. The van der Waals surface area contributed by atoms with Gasteiger partial charge in [0.15, 0.2) is 0 Å². The molecule has 4 rings (SSSR count). The number of allylic oxidation sites excluding steroid dienone is 1. The van der Waals surface area contributed by atoms with Gasteiger partial charge >= 0.3 is 0 Å². The Morgan fingerprint density at radius 1 is 1.22 bits per heavy atom. The summed E-state index contributed by atoms with van der Waals surface area (Å²) in [5, 5.41) is 11.3. The zero-order valence-corrected chi connectivity index (χ0v) is 17.4. The number of rotatable bonds is 2. The van der Waals surface area contributed by atoms with E-state index in [1.807, 2.05) is 48.5 Å². The van der Waals surface area contributed by atoms with Gasteiger partial charge in [-0.1, -0.05) is 51.4 Å². The molecule has 0 radical (unpaired) electrons. The molecule has 27 heavy (non-hydrogen) atoms. The molecule has 1 amide bonds. The topological polar surface area (TPSA) is 47.3 Å². The lowest BCUT2D eigenvalue weighted by Crippen LogP contribution is -2.47. The van der Waals surface area contributed by atoms with E-state index in [-0.39, 0.29) is 11.8 Å². The van der Waals surface area contributed by atoms with E-state index >= 15 is 0 Å². The van der Waals surface area contributed by atoms with Crippen molar-refractivity contribution >= 4 is 50.9 Å². The van der Waals surface area contributed by atoms with Crippen molar-refractivity contribution in [3.05, 3.63) is 74.2 Å². The highest BCUT2D eigenvalue weighted by Gasteiger charge is 2.38. The summed E-state index contributed by atoms with van der Waals surface area (Å²) in [6.07, 6.45) is 0.303. The van der Waals surface area contributed by atoms with E-state index in [1.54, 1.807) is 4.90 Å². The van der Waals surface area contributed by atoms with Crippen LogP contribution in [-0.2, 0) is 4.79 Å². The average molecular weight is 461 g/mol. The van der Waals surface area contributed by atoms with Gasteiger partial charge in [0.2, 0.25) is 5.91 Å². The monoisotopic (exact) mass is 459 g/mol. The normalized spacial score (nSPS) is 19.7. The first-order valence-corrected chi connectivity index (χ1v) is 10.6. The Hall–Kier alpha value is -1.94. The quantitative estimate of drug-likeness (QED) is 0.608. The molecule has 1 saturated heterocycles. The maximum absolute atomic E-state index is 12.9. The molecular weight excluding hydrogens is 446 g/mol. The van der Waals surface area contributed by atoms with Gasteiger partial charge in [-0.25, -0.2) is 0 Å². The van der Waals surface area contributed by atoms with E-state index in [4.69, 9.17) is 11.6 Å². The summed E-state index contributed by atoms with van der Waals surface area (Å²) in [4.78, 5) is 16.7. The minimum atomic E-state index is -0.194. The molecule has 2 aliphatic heterocycles. The molecule has 0 N–H and O–H groups in total. The van der Waals surface area contributed by atoms with Gasteiger partial charge in [0.05, 0.1) is 29.2 Å². The first kappa shape index (κ1) is 18.4. The molecule has 2 aromatic carbocycles. The number of benzene rings is 2. The van der Waals surface area contributed by atoms with Crippen LogP contribution < -0.4 is 4.90 Å². The van der Waals surface area contributed by atoms with Gasteiger partial charge in [0, 0.05) is 27.5 Å². The second kappa shape index (κ2) is 7.59. The van der Waals surface area contributed by atoms with E-state index in [0.717, 1.165) is 20.8 Å². The summed E-state index contributed by atoms with van der Waals surface area (Å²) in [5.74, 6) is 0.526. The first-order valence-electron chi connectivity index (χ1n) is 8.40. The molecule has 4 nitrogen and oxygen atoms in total. The number of halogens is 2. The van der Waals surface area contributed by atoms with Crippen LogP contribution in [0.1, 0.15) is 17.9 Å². The smallest absolute Gasteiger partial charge is 0.229 e. The van der Waals surface area contributed by atoms with Crippen LogP contribution in [-0.4, -0.2) is 23.4 Å². The van der Waals surface area contributed by atoms with Crippen LogP contribution in [0.4, 0.5) is 5.69 Å². The number of anilines is 1. The number of nitriles is 1. The van der Waals surface area contributed by atoms with Crippen molar-refractivity contribution < 1.29 is 4.79 Å². The highest BCUT2D eigenvalue weighted by atomic mass is 79.9. The Morgan fingerprint density at radius 3 is 2.70 bits per heavy atom. The van der Waals surface area contributed by atoms with Gasteiger partial charge in [-0.3, -0.25) is 9.69 Å². The fourth-order valence-electron chi connectivity index (χ4n) is 3.39. The lowest BCUT2D eigenvalue weighted by Gasteiger charge is -2.42. The summed E-state index contributed by atoms with van der Waals surface area (Å²) >= 11 is 11.0. The van der Waals surface area contributed by atoms with Gasteiger partial charge in [-0.05, 0) is 42.0 Å². The minimum Gasteiger partial charge on any atom is -0.344 e. The second-order valence-corrected chi connectivity index (χ2v) is 8.68. The van der Waals surface area contributed by atoms with Crippen LogP contribution in [0.15, 0.2) is 63.6 Å². The van der Waals surface area contributed by atoms with Crippen molar-refractivity contribution in [3.8, 4) is 6.07 Å². The van der Waals surface area contributed by atoms with Gasteiger partial charge in [-0.15, -0.1) is 0 Å². The average Bonchev–Trinajstić information content (AvgIpc) is 2.68. The molecule has 1 unspecified atom stereocenters. The predicted octanol–water partition coefficient (Wildman–Crippen LogP) is 5.32. The molecule has 0 aliphatic carbocycles. The molecule has 2 aliphatic rings. The molecule has 1 fully saturated rings. The molecule has 136 valence electrons. The molecule has 2 heterocycles. The van der Waals surface area contributed by atoms with Crippen molar-refractivity contribution in [3.63, 3.8) is 0 Å². The number of hydrogen-bond donors (Lipinski definition) is 0. The van der Waals surface area contributed by atoms with Crippen molar-refractivity contribution in [2.45, 2.75) is 12.3 Å². The van der Waals surface area contributed by atoms with E-state index in [1.165, 1.54) is 11.8 Å². The summed E-state index contributed by atoms with van der Waals surface area (Å²) in [6, 6.07) is 17.8. The Labute approximate surface area is 175 Å². The summed E-state index contributed by atoms with van der Waals surface area (Å²) in [5.41, 5.74) is 2.67. The summed E-state index contributed by atoms with van der Waals surface area (Å²) in [7, 11) is 0. The number of thioether (sulfide) groups is 1. The van der Waals surface area contributed by atoms with Crippen LogP contribution in [0.2, 0.25) is 5.02 Å². The number of fused-ring (bicyclic) bond motifs is 1. The maximum atomic E-state index is 12.9. The molecule has 7 heteroatoms. The highest BCUT2D eigenvalue weighted by Crippen LogP contribution is 2.43. The van der Waals surface area contributed by atoms with E-state index in [2.05, 4.69) is 26.9 Å². The lowest BCUT2D eigenvalue weighted by molar-refractivity contribution is -0.129. The molecule has 0 aromatic heterocycles. The van der Waals surface area contributed by atoms with E-state index < -0.39 is 0 Å². The largest absolute Gasteiger partial charge is 0.344 e. The van der Waals surface area contributed by atoms with Crippen LogP contribution in [0, 0.1) is 11.3 Å². The predicted molar refractivity (Wildman–Crippen MR) is 112 cm³/mol. The zero-order chi connectivity index (χ0) is 19.0. The van der Waals surface area contributed by atoms with Crippen LogP contribution in [0.5, 0.6) is 0 Å². The Balaban J connectivity index is 1.66. The van der Waals surface area contributed by atoms with Gasteiger partial charge < -0.3 is 4.90 Å².